The van der Waals surface area contributed by atoms with Gasteiger partial charge in [0.05, 0.1) is 18.9 Å². The molecule has 0 aromatic heterocycles. The first-order chi connectivity index (χ1) is 16.9. The fourth-order valence-electron chi connectivity index (χ4n) is 3.84. The molecule has 1 fully saturated rings. The predicted molar refractivity (Wildman–Crippen MR) is 124 cm³/mol. The number of benzene rings is 1. The number of nitrogens with two attached hydrogens (primary N) is 3. The highest BCUT2D eigenvalue weighted by atomic mass is 16.4. The van der Waals surface area contributed by atoms with Gasteiger partial charge >= 0.3 is 5.97 Å². The highest BCUT2D eigenvalue weighted by molar-refractivity contribution is 5.97. The molecule has 10 N–H and O–H groups in total. The van der Waals surface area contributed by atoms with E-state index in [1.54, 1.807) is 12.1 Å². The molecule has 196 valence electrons. The molecule has 2 rings (SSSR count). The van der Waals surface area contributed by atoms with Crippen LogP contribution in [0, 0.1) is 0 Å². The van der Waals surface area contributed by atoms with E-state index in [4.69, 9.17) is 17.2 Å². The Morgan fingerprint density at radius 1 is 0.972 bits per heavy atom. The molecule has 0 spiro atoms. The van der Waals surface area contributed by atoms with Crippen LogP contribution in [0.3, 0.4) is 0 Å². The van der Waals surface area contributed by atoms with Crippen molar-refractivity contribution in [2.45, 2.75) is 56.3 Å². The number of carboxylic acids is 1. The molecule has 4 unspecified atom stereocenters. The molecule has 1 aliphatic heterocycles. The van der Waals surface area contributed by atoms with Crippen molar-refractivity contribution in [2.75, 3.05) is 6.54 Å². The van der Waals surface area contributed by atoms with Gasteiger partial charge in [0.15, 0.2) is 0 Å². The van der Waals surface area contributed by atoms with E-state index in [1.807, 2.05) is 0 Å². The van der Waals surface area contributed by atoms with Gasteiger partial charge in [-0.3, -0.25) is 24.0 Å². The molecule has 14 nitrogen and oxygen atoms in total. The van der Waals surface area contributed by atoms with Gasteiger partial charge in [-0.2, -0.15) is 0 Å². The number of aliphatic carboxylic acids is 1. The highest BCUT2D eigenvalue weighted by Gasteiger charge is 2.38. The van der Waals surface area contributed by atoms with Crippen molar-refractivity contribution in [1.82, 2.24) is 15.5 Å². The zero-order valence-corrected chi connectivity index (χ0v) is 19.4. The van der Waals surface area contributed by atoms with Crippen LogP contribution in [-0.4, -0.2) is 81.3 Å². The lowest BCUT2D eigenvalue weighted by atomic mass is 10.0. The van der Waals surface area contributed by atoms with Crippen LogP contribution < -0.4 is 27.8 Å². The smallest absolute Gasteiger partial charge is 0.326 e. The molecule has 1 aromatic rings. The van der Waals surface area contributed by atoms with Crippen molar-refractivity contribution in [3.8, 4) is 5.75 Å². The molecular weight excluding hydrogens is 476 g/mol. The van der Waals surface area contributed by atoms with Crippen LogP contribution in [0.2, 0.25) is 0 Å². The Kier molecular flexibility index (Phi) is 9.73. The summed E-state index contributed by atoms with van der Waals surface area (Å²) in [7, 11) is 0. The van der Waals surface area contributed by atoms with Crippen LogP contribution in [0.15, 0.2) is 24.3 Å². The van der Waals surface area contributed by atoms with Gasteiger partial charge in [0.1, 0.15) is 23.9 Å². The standard InChI is InChI=1S/C22H30N6O8/c23-13(8-11-3-5-12(29)6-4-11)21(34)28-7-1-2-16(28)20(33)26-14(9-17(24)30)19(32)27-15(22(35)36)10-18(25)31/h3-6,13-16,29H,1-2,7-10,23H2,(H2,24,30)(H2,25,31)(H,26,33)(H,27,32)(H,35,36). The molecular formula is C22H30N6O8. The molecule has 1 aromatic carbocycles. The van der Waals surface area contributed by atoms with Crippen LogP contribution in [0.4, 0.5) is 0 Å². The Labute approximate surface area is 206 Å². The van der Waals surface area contributed by atoms with E-state index in [1.165, 1.54) is 17.0 Å². The molecule has 1 aliphatic rings. The average molecular weight is 507 g/mol. The second-order valence-corrected chi connectivity index (χ2v) is 8.47. The van der Waals surface area contributed by atoms with E-state index in [-0.39, 0.29) is 25.1 Å². The van der Waals surface area contributed by atoms with Crippen molar-refractivity contribution < 1.29 is 39.0 Å². The number of phenolic OH excluding ortho intramolecular Hbond substituents is 1. The third-order valence-corrected chi connectivity index (χ3v) is 5.61. The van der Waals surface area contributed by atoms with E-state index < -0.39 is 72.5 Å². The van der Waals surface area contributed by atoms with E-state index in [0.29, 0.717) is 12.0 Å². The minimum Gasteiger partial charge on any atom is -0.508 e. The molecule has 0 bridgehead atoms. The van der Waals surface area contributed by atoms with Crippen molar-refractivity contribution in [3.05, 3.63) is 29.8 Å². The van der Waals surface area contributed by atoms with Crippen molar-refractivity contribution in [2.24, 2.45) is 17.2 Å². The Morgan fingerprint density at radius 2 is 1.56 bits per heavy atom. The molecule has 0 aliphatic carbocycles. The minimum atomic E-state index is -1.68. The summed E-state index contributed by atoms with van der Waals surface area (Å²) < 4.78 is 0. The maximum absolute atomic E-state index is 13.0. The summed E-state index contributed by atoms with van der Waals surface area (Å²) >= 11 is 0. The van der Waals surface area contributed by atoms with Gasteiger partial charge in [-0.1, -0.05) is 12.1 Å². The van der Waals surface area contributed by atoms with E-state index in [2.05, 4.69) is 10.6 Å². The zero-order valence-electron chi connectivity index (χ0n) is 19.4. The first kappa shape index (κ1) is 28.0. The highest BCUT2D eigenvalue weighted by Crippen LogP contribution is 2.20. The number of carbonyl (C=O) groups excluding carboxylic acids is 5. The number of aromatic hydroxyl groups is 1. The van der Waals surface area contributed by atoms with Crippen LogP contribution >= 0.6 is 0 Å². The Balaban J connectivity index is 2.09. The maximum Gasteiger partial charge on any atom is 0.326 e. The van der Waals surface area contributed by atoms with Gasteiger partial charge in [0, 0.05) is 6.54 Å². The summed E-state index contributed by atoms with van der Waals surface area (Å²) in [5.74, 6) is -5.72. The Morgan fingerprint density at radius 3 is 2.11 bits per heavy atom. The van der Waals surface area contributed by atoms with Crippen LogP contribution in [0.1, 0.15) is 31.2 Å². The summed E-state index contributed by atoms with van der Waals surface area (Å²) in [6, 6.07) is 0.975. The summed E-state index contributed by atoms with van der Waals surface area (Å²) in [4.78, 5) is 73.7. The molecule has 1 heterocycles. The molecule has 0 radical (unpaired) electrons. The van der Waals surface area contributed by atoms with Crippen LogP contribution in [0.5, 0.6) is 5.75 Å². The number of carboxylic acid groups (broad SMARTS) is 1. The van der Waals surface area contributed by atoms with E-state index >= 15 is 0 Å². The van der Waals surface area contributed by atoms with Gasteiger partial charge in [0.2, 0.25) is 29.5 Å². The van der Waals surface area contributed by atoms with Crippen LogP contribution in [0.25, 0.3) is 0 Å². The average Bonchev–Trinajstić information content (AvgIpc) is 3.28. The monoisotopic (exact) mass is 506 g/mol. The number of amides is 5. The number of hydrogen-bond donors (Lipinski definition) is 7. The number of likely N-dealkylation sites (tertiary alicyclic amines) is 1. The fraction of sp³-hybridized carbons (Fsp3) is 0.455. The normalized spacial score (nSPS) is 17.5. The number of hydrogen-bond acceptors (Lipinski definition) is 8. The summed E-state index contributed by atoms with van der Waals surface area (Å²) in [5.41, 5.74) is 16.9. The first-order valence-electron chi connectivity index (χ1n) is 11.1. The van der Waals surface area contributed by atoms with Crippen molar-refractivity contribution >= 4 is 35.5 Å². The number of primary amides is 2. The third kappa shape index (κ3) is 7.94. The summed E-state index contributed by atoms with van der Waals surface area (Å²) in [6.45, 7) is 0.243. The number of nitrogens with zero attached hydrogens (tertiary/aromatic N) is 1. The quantitative estimate of drug-likeness (QED) is 0.153. The van der Waals surface area contributed by atoms with Gasteiger partial charge in [-0.15, -0.1) is 0 Å². The maximum atomic E-state index is 13.0. The molecule has 0 saturated carbocycles. The SMILES string of the molecule is NC(=O)CC(NC(=O)C(CC(N)=O)NC(=O)C1CCCN1C(=O)C(N)Cc1ccc(O)cc1)C(=O)O. The van der Waals surface area contributed by atoms with Crippen molar-refractivity contribution in [1.29, 1.82) is 0 Å². The largest absolute Gasteiger partial charge is 0.508 e. The number of nitrogens with one attached hydrogen (secondary N) is 2. The summed E-state index contributed by atoms with van der Waals surface area (Å²) in [5, 5.41) is 23.0. The fourth-order valence-corrected chi connectivity index (χ4v) is 3.84. The topological polar surface area (TPSA) is 248 Å². The van der Waals surface area contributed by atoms with Gasteiger partial charge < -0.3 is 42.9 Å². The molecule has 36 heavy (non-hydrogen) atoms. The minimum absolute atomic E-state index is 0.0637. The lowest BCUT2D eigenvalue weighted by Gasteiger charge is -2.28. The van der Waals surface area contributed by atoms with Crippen LogP contribution in [-0.2, 0) is 35.2 Å². The number of rotatable bonds is 12. The molecule has 1 saturated heterocycles. The molecule has 4 atom stereocenters. The Hall–Kier alpha value is -4.20. The van der Waals surface area contributed by atoms with Gasteiger partial charge in [-0.05, 0) is 37.0 Å². The lowest BCUT2D eigenvalue weighted by molar-refractivity contribution is -0.144. The predicted octanol–water partition coefficient (Wildman–Crippen LogP) is -2.94. The lowest BCUT2D eigenvalue weighted by Crippen LogP contribution is -2.57. The second kappa shape index (κ2) is 12.5. The second-order valence-electron chi connectivity index (χ2n) is 8.47. The van der Waals surface area contributed by atoms with Gasteiger partial charge in [0.25, 0.3) is 0 Å². The number of carbonyl (C=O) groups is 6. The zero-order chi connectivity index (χ0) is 27.0. The number of phenols is 1. The molecule has 5 amide bonds. The van der Waals surface area contributed by atoms with Crippen molar-refractivity contribution in [3.63, 3.8) is 0 Å². The first-order valence-corrected chi connectivity index (χ1v) is 11.1. The van der Waals surface area contributed by atoms with E-state index in [9.17, 15) is 39.0 Å². The summed E-state index contributed by atoms with van der Waals surface area (Å²) in [6.07, 6.45) is -0.438. The Bertz CT molecular complexity index is 1010. The van der Waals surface area contributed by atoms with Gasteiger partial charge in [-0.25, -0.2) is 4.79 Å². The molecule has 14 heteroatoms. The third-order valence-electron chi connectivity index (χ3n) is 5.61. The van der Waals surface area contributed by atoms with E-state index in [0.717, 1.165) is 0 Å².